The van der Waals surface area contributed by atoms with Crippen LogP contribution in [0.2, 0.25) is 0 Å². The largest absolute Gasteiger partial charge is 0.493 e. The molecule has 2 aromatic carbocycles. The van der Waals surface area contributed by atoms with Gasteiger partial charge in [-0.15, -0.1) is 0 Å². The van der Waals surface area contributed by atoms with E-state index in [1.165, 1.54) is 24.8 Å². The minimum absolute atomic E-state index is 0.175. The van der Waals surface area contributed by atoms with Gasteiger partial charge in [0.25, 0.3) is 0 Å². The summed E-state index contributed by atoms with van der Waals surface area (Å²) < 4.78 is 6.18. The Bertz CT molecular complexity index is 1120. The highest BCUT2D eigenvalue weighted by atomic mass is 16.7. The van der Waals surface area contributed by atoms with Gasteiger partial charge in [0, 0.05) is 24.4 Å². The van der Waals surface area contributed by atoms with Crippen molar-refractivity contribution in [2.75, 3.05) is 18.5 Å². The number of nitrogens with one attached hydrogen (secondary N) is 1. The molecule has 0 amide bonds. The lowest BCUT2D eigenvalue weighted by molar-refractivity contribution is -0.0978. The smallest absolute Gasteiger partial charge is 0.138 e. The maximum Gasteiger partial charge on any atom is 0.138 e. The Kier molecular flexibility index (Phi) is 9.05. The Morgan fingerprint density at radius 2 is 1.89 bits per heavy atom. The number of hydroxylamine groups is 2. The average molecular weight is 486 g/mol. The summed E-state index contributed by atoms with van der Waals surface area (Å²) >= 11 is 0. The number of aliphatic imine (C=N–C) groups is 1. The van der Waals surface area contributed by atoms with E-state index < -0.39 is 0 Å². The topological polar surface area (TPSA) is 46.1 Å². The number of hydrogen-bond donors (Lipinski definition) is 1. The van der Waals surface area contributed by atoms with Gasteiger partial charge in [-0.05, 0) is 67.5 Å². The second-order valence-electron chi connectivity index (χ2n) is 9.62. The first-order chi connectivity index (χ1) is 17.6. The molecule has 2 heterocycles. The van der Waals surface area contributed by atoms with Gasteiger partial charge < -0.3 is 10.1 Å². The van der Waals surface area contributed by atoms with Gasteiger partial charge >= 0.3 is 0 Å². The first-order valence-electron chi connectivity index (χ1n) is 13.3. The second-order valence-corrected chi connectivity index (χ2v) is 9.62. The first kappa shape index (κ1) is 25.8. The zero-order valence-electron chi connectivity index (χ0n) is 22.1. The highest BCUT2D eigenvalue weighted by Gasteiger charge is 2.28. The predicted molar refractivity (Wildman–Crippen MR) is 148 cm³/mol. The van der Waals surface area contributed by atoms with Crippen LogP contribution in [0.5, 0.6) is 5.75 Å². The minimum atomic E-state index is 0.175. The van der Waals surface area contributed by atoms with Crippen molar-refractivity contribution in [2.24, 2.45) is 10.9 Å². The van der Waals surface area contributed by atoms with Gasteiger partial charge in [-0.3, -0.25) is 4.84 Å². The summed E-state index contributed by atoms with van der Waals surface area (Å²) in [4.78, 5) is 10.5. The molecular weight excluding hydrogens is 446 g/mol. The molecule has 1 atom stereocenters. The van der Waals surface area contributed by atoms with Crippen LogP contribution in [-0.2, 0) is 4.84 Å². The quantitative estimate of drug-likeness (QED) is 0.277. The molecule has 0 radical (unpaired) electrons. The monoisotopic (exact) mass is 485 g/mol. The summed E-state index contributed by atoms with van der Waals surface area (Å²) in [6.07, 6.45) is 11.4. The van der Waals surface area contributed by atoms with Crippen molar-refractivity contribution in [1.29, 1.82) is 0 Å². The van der Waals surface area contributed by atoms with E-state index in [1.54, 1.807) is 6.20 Å². The molecule has 1 fully saturated rings. The third-order valence-corrected chi connectivity index (χ3v) is 7.02. The number of anilines is 1. The molecule has 0 aromatic heterocycles. The van der Waals surface area contributed by atoms with Crippen molar-refractivity contribution < 1.29 is 9.57 Å². The number of amidine groups is 1. The Morgan fingerprint density at radius 1 is 1.14 bits per heavy atom. The SMILES string of the molecule is CCC(CC)CCCOc1c(C)cc(NC2=NC=CC(N3OCC[C@H]3c3ccccc3)=C=C2)cc1C. The fraction of sp³-hybridized carbons (Fsp3) is 0.419. The molecule has 2 aromatic rings. The lowest BCUT2D eigenvalue weighted by Gasteiger charge is -2.24. The van der Waals surface area contributed by atoms with Gasteiger partial charge in [0.2, 0.25) is 0 Å². The van der Waals surface area contributed by atoms with E-state index in [0.717, 1.165) is 59.5 Å². The Hall–Kier alpha value is -3.27. The molecular formula is C31H39N3O2. The number of nitrogens with zero attached hydrogens (tertiary/aromatic N) is 2. The van der Waals surface area contributed by atoms with Crippen molar-refractivity contribution in [3.05, 3.63) is 88.9 Å². The van der Waals surface area contributed by atoms with Crippen LogP contribution in [0.15, 0.2) is 77.2 Å². The molecule has 0 saturated carbocycles. The molecule has 0 unspecified atom stereocenters. The molecule has 190 valence electrons. The van der Waals surface area contributed by atoms with Crippen molar-refractivity contribution in [3.63, 3.8) is 0 Å². The molecule has 2 aliphatic rings. The molecule has 36 heavy (non-hydrogen) atoms. The fourth-order valence-electron chi connectivity index (χ4n) is 4.95. The standard InChI is InChI=1S/C31H39N3O2/c1-5-25(6-2)11-10-19-35-31-23(3)21-27(22-24(31)4)33-30-15-14-28(16-18-32-30)34-29(17-20-36-34)26-12-8-7-9-13-26/h7-9,12-13,15-16,18,21-22,25,29H,5-6,10-11,17,19-20H2,1-4H3,(H,32,33)/t29-/m0/s1. The van der Waals surface area contributed by atoms with E-state index >= 15 is 0 Å². The van der Waals surface area contributed by atoms with Gasteiger partial charge in [-0.1, -0.05) is 62.8 Å². The normalized spacial score (nSPS) is 17.2. The third kappa shape index (κ3) is 6.48. The lowest BCUT2D eigenvalue weighted by Crippen LogP contribution is -2.20. The molecule has 5 heteroatoms. The summed E-state index contributed by atoms with van der Waals surface area (Å²) in [7, 11) is 0. The molecule has 1 saturated heterocycles. The van der Waals surface area contributed by atoms with Crippen LogP contribution in [0.1, 0.15) is 68.7 Å². The summed E-state index contributed by atoms with van der Waals surface area (Å²) in [6.45, 7) is 10.2. The van der Waals surface area contributed by atoms with Crippen LogP contribution >= 0.6 is 0 Å². The summed E-state index contributed by atoms with van der Waals surface area (Å²) in [5.74, 6) is 2.53. The lowest BCUT2D eigenvalue weighted by atomic mass is 9.98. The highest BCUT2D eigenvalue weighted by Crippen LogP contribution is 2.34. The minimum Gasteiger partial charge on any atom is -0.493 e. The van der Waals surface area contributed by atoms with Gasteiger partial charge in [0.05, 0.1) is 19.3 Å². The second kappa shape index (κ2) is 12.6. The number of hydrogen-bond acceptors (Lipinski definition) is 5. The van der Waals surface area contributed by atoms with E-state index in [-0.39, 0.29) is 6.04 Å². The molecule has 2 aliphatic heterocycles. The summed E-state index contributed by atoms with van der Waals surface area (Å²) in [5.41, 5.74) is 8.72. The first-order valence-corrected chi connectivity index (χ1v) is 13.3. The fourth-order valence-corrected chi connectivity index (χ4v) is 4.95. The van der Waals surface area contributed by atoms with Gasteiger partial charge in [-0.25, -0.2) is 10.1 Å². The van der Waals surface area contributed by atoms with Gasteiger partial charge in [-0.2, -0.15) is 0 Å². The van der Waals surface area contributed by atoms with Crippen LogP contribution in [0.4, 0.5) is 5.69 Å². The molecule has 0 aliphatic carbocycles. The van der Waals surface area contributed by atoms with E-state index in [0.29, 0.717) is 6.61 Å². The van der Waals surface area contributed by atoms with Crippen LogP contribution in [0.3, 0.4) is 0 Å². The average Bonchev–Trinajstić information content (AvgIpc) is 3.26. The zero-order valence-corrected chi connectivity index (χ0v) is 22.1. The van der Waals surface area contributed by atoms with Crippen molar-refractivity contribution in [2.45, 2.75) is 65.8 Å². The number of ether oxygens (including phenoxy) is 1. The van der Waals surface area contributed by atoms with E-state index in [1.807, 2.05) is 23.3 Å². The third-order valence-electron chi connectivity index (χ3n) is 7.02. The number of aryl methyl sites for hydroxylation is 2. The van der Waals surface area contributed by atoms with Crippen LogP contribution in [-0.4, -0.2) is 24.1 Å². The number of rotatable bonds is 10. The van der Waals surface area contributed by atoms with Crippen LogP contribution < -0.4 is 10.1 Å². The van der Waals surface area contributed by atoms with Crippen molar-refractivity contribution in [3.8, 4) is 5.75 Å². The molecule has 4 rings (SSSR count). The highest BCUT2D eigenvalue weighted by molar-refractivity contribution is 6.04. The Balaban J connectivity index is 1.40. The van der Waals surface area contributed by atoms with Crippen molar-refractivity contribution >= 4 is 11.5 Å². The zero-order chi connectivity index (χ0) is 25.3. The van der Waals surface area contributed by atoms with Crippen molar-refractivity contribution in [1.82, 2.24) is 5.06 Å². The Morgan fingerprint density at radius 3 is 2.61 bits per heavy atom. The van der Waals surface area contributed by atoms with E-state index in [9.17, 15) is 0 Å². The van der Waals surface area contributed by atoms with E-state index in [2.05, 4.69) is 80.1 Å². The molecule has 5 nitrogen and oxygen atoms in total. The maximum atomic E-state index is 6.18. The molecule has 1 N–H and O–H groups in total. The molecule has 0 bridgehead atoms. The van der Waals surface area contributed by atoms with E-state index in [4.69, 9.17) is 9.57 Å². The molecule has 0 spiro atoms. The van der Waals surface area contributed by atoms with Gasteiger partial charge in [0.15, 0.2) is 0 Å². The van der Waals surface area contributed by atoms with Crippen LogP contribution in [0.25, 0.3) is 0 Å². The number of benzene rings is 2. The predicted octanol–water partition coefficient (Wildman–Crippen LogP) is 7.65. The maximum absolute atomic E-state index is 6.18. The van der Waals surface area contributed by atoms with Crippen LogP contribution in [0, 0.1) is 19.8 Å². The Labute approximate surface area is 216 Å². The summed E-state index contributed by atoms with van der Waals surface area (Å²) in [6, 6.07) is 14.9. The summed E-state index contributed by atoms with van der Waals surface area (Å²) in [5, 5.41) is 5.38. The van der Waals surface area contributed by atoms with Gasteiger partial charge in [0.1, 0.15) is 17.3 Å².